The van der Waals surface area contributed by atoms with Crippen molar-refractivity contribution in [2.75, 3.05) is 13.2 Å². The number of unbranched alkanes of at least 4 members (excludes halogenated alkanes) is 1. The molecule has 132 valence electrons. The molecule has 0 spiro atoms. The third kappa shape index (κ3) is 5.91. The topological polar surface area (TPSA) is 84.5 Å². The van der Waals surface area contributed by atoms with Crippen LogP contribution < -0.4 is 10.6 Å². The number of fused-ring (bicyclic) bond motifs is 1. The SMILES string of the molecule is CCCCNC(=O)NC(=O)COC(=O)Cc1cccc2ccccc12. The first kappa shape index (κ1) is 18.4. The summed E-state index contributed by atoms with van der Waals surface area (Å²) in [7, 11) is 0. The second kappa shape index (κ2) is 9.42. The number of carbonyl (C=O) groups excluding carboxylic acids is 3. The molecule has 0 heterocycles. The molecule has 2 aromatic rings. The lowest BCUT2D eigenvalue weighted by Gasteiger charge is -2.08. The van der Waals surface area contributed by atoms with Crippen molar-refractivity contribution in [1.82, 2.24) is 10.6 Å². The second-order valence-corrected chi connectivity index (χ2v) is 5.63. The van der Waals surface area contributed by atoms with Gasteiger partial charge in [0.2, 0.25) is 0 Å². The number of urea groups is 1. The number of hydrogen-bond acceptors (Lipinski definition) is 4. The average molecular weight is 342 g/mol. The molecule has 0 fully saturated rings. The lowest BCUT2D eigenvalue weighted by atomic mass is 10.0. The standard InChI is InChI=1S/C19H22N2O4/c1-2-3-11-20-19(24)21-17(22)13-25-18(23)12-15-9-6-8-14-7-4-5-10-16(14)15/h4-10H,2-3,11-13H2,1H3,(H2,20,21,22,24). The van der Waals surface area contributed by atoms with Gasteiger partial charge in [-0.15, -0.1) is 0 Å². The van der Waals surface area contributed by atoms with Gasteiger partial charge >= 0.3 is 12.0 Å². The predicted octanol–water partition coefficient (Wildman–Crippen LogP) is 2.55. The highest BCUT2D eigenvalue weighted by Gasteiger charge is 2.12. The minimum absolute atomic E-state index is 0.0668. The van der Waals surface area contributed by atoms with E-state index in [4.69, 9.17) is 4.74 Å². The van der Waals surface area contributed by atoms with Crippen LogP contribution >= 0.6 is 0 Å². The Balaban J connectivity index is 1.80. The molecule has 0 atom stereocenters. The first-order valence-electron chi connectivity index (χ1n) is 8.30. The summed E-state index contributed by atoms with van der Waals surface area (Å²) < 4.78 is 4.95. The highest BCUT2D eigenvalue weighted by atomic mass is 16.5. The van der Waals surface area contributed by atoms with Crippen LogP contribution in [0.3, 0.4) is 0 Å². The lowest BCUT2D eigenvalue weighted by molar-refractivity contribution is -0.147. The van der Waals surface area contributed by atoms with Crippen molar-refractivity contribution in [3.63, 3.8) is 0 Å². The number of imide groups is 1. The molecular formula is C19H22N2O4. The van der Waals surface area contributed by atoms with E-state index in [1.165, 1.54) is 0 Å². The maximum Gasteiger partial charge on any atom is 0.321 e. The molecule has 0 aliphatic rings. The molecule has 0 saturated heterocycles. The Kier molecular flexibility index (Phi) is 6.95. The van der Waals surface area contributed by atoms with Gasteiger partial charge < -0.3 is 10.1 Å². The fourth-order valence-electron chi connectivity index (χ4n) is 2.38. The molecule has 0 aliphatic carbocycles. The monoisotopic (exact) mass is 342 g/mol. The Morgan fingerprint density at radius 3 is 2.60 bits per heavy atom. The number of rotatable bonds is 7. The van der Waals surface area contributed by atoms with E-state index in [1.54, 1.807) is 0 Å². The Labute approximate surface area is 146 Å². The quantitative estimate of drug-likeness (QED) is 0.598. The van der Waals surface area contributed by atoms with Crippen LogP contribution in [-0.2, 0) is 20.7 Å². The first-order valence-corrected chi connectivity index (χ1v) is 8.30. The molecule has 6 nitrogen and oxygen atoms in total. The van der Waals surface area contributed by atoms with Crippen molar-refractivity contribution < 1.29 is 19.1 Å². The zero-order valence-electron chi connectivity index (χ0n) is 14.2. The van der Waals surface area contributed by atoms with Crippen molar-refractivity contribution in [3.8, 4) is 0 Å². The van der Waals surface area contributed by atoms with E-state index in [0.717, 1.165) is 29.2 Å². The number of carbonyl (C=O) groups is 3. The number of esters is 1. The van der Waals surface area contributed by atoms with Crippen LogP contribution in [0, 0.1) is 0 Å². The molecule has 0 bridgehead atoms. The fraction of sp³-hybridized carbons (Fsp3) is 0.316. The molecule has 3 amide bonds. The van der Waals surface area contributed by atoms with Crippen molar-refractivity contribution in [3.05, 3.63) is 48.0 Å². The maximum absolute atomic E-state index is 12.0. The van der Waals surface area contributed by atoms with Crippen LogP contribution in [0.15, 0.2) is 42.5 Å². The summed E-state index contributed by atoms with van der Waals surface area (Å²) in [6.45, 7) is 2.02. The molecular weight excluding hydrogens is 320 g/mol. The molecule has 0 saturated carbocycles. The van der Waals surface area contributed by atoms with E-state index in [-0.39, 0.29) is 6.42 Å². The van der Waals surface area contributed by atoms with Gasteiger partial charge in [-0.2, -0.15) is 0 Å². The van der Waals surface area contributed by atoms with Crippen molar-refractivity contribution in [2.45, 2.75) is 26.2 Å². The average Bonchev–Trinajstić information content (AvgIpc) is 2.60. The zero-order valence-corrected chi connectivity index (χ0v) is 14.2. The van der Waals surface area contributed by atoms with E-state index < -0.39 is 24.5 Å². The number of nitrogens with one attached hydrogen (secondary N) is 2. The molecule has 0 aromatic heterocycles. The van der Waals surface area contributed by atoms with Gasteiger partial charge in [0, 0.05) is 6.54 Å². The molecule has 0 radical (unpaired) electrons. The van der Waals surface area contributed by atoms with Gasteiger partial charge in [0.1, 0.15) is 0 Å². The van der Waals surface area contributed by atoms with Crippen LogP contribution in [0.2, 0.25) is 0 Å². The smallest absolute Gasteiger partial charge is 0.321 e. The number of hydrogen-bond donors (Lipinski definition) is 2. The van der Waals surface area contributed by atoms with Crippen molar-refractivity contribution in [1.29, 1.82) is 0 Å². The Morgan fingerprint density at radius 1 is 1.04 bits per heavy atom. The molecule has 2 N–H and O–H groups in total. The molecule has 25 heavy (non-hydrogen) atoms. The van der Waals surface area contributed by atoms with E-state index in [1.807, 2.05) is 49.4 Å². The Morgan fingerprint density at radius 2 is 1.80 bits per heavy atom. The summed E-state index contributed by atoms with van der Waals surface area (Å²) in [4.78, 5) is 35.0. The van der Waals surface area contributed by atoms with Crippen LogP contribution in [0.4, 0.5) is 4.79 Å². The molecule has 2 aromatic carbocycles. The third-order valence-electron chi connectivity index (χ3n) is 3.65. The highest BCUT2D eigenvalue weighted by molar-refractivity contribution is 5.95. The minimum Gasteiger partial charge on any atom is -0.455 e. The summed E-state index contributed by atoms with van der Waals surface area (Å²) >= 11 is 0. The Hall–Kier alpha value is -2.89. The number of amides is 3. The molecule has 2 rings (SSSR count). The van der Waals surface area contributed by atoms with E-state index in [9.17, 15) is 14.4 Å². The van der Waals surface area contributed by atoms with Crippen LogP contribution in [0.25, 0.3) is 10.8 Å². The third-order valence-corrected chi connectivity index (χ3v) is 3.65. The van der Waals surface area contributed by atoms with Gasteiger partial charge in [0.15, 0.2) is 6.61 Å². The lowest BCUT2D eigenvalue weighted by Crippen LogP contribution is -2.41. The van der Waals surface area contributed by atoms with Gasteiger partial charge in [-0.25, -0.2) is 4.79 Å². The predicted molar refractivity (Wildman–Crippen MR) is 95.1 cm³/mol. The molecule has 0 aliphatic heterocycles. The minimum atomic E-state index is -0.653. The zero-order chi connectivity index (χ0) is 18.1. The summed E-state index contributed by atoms with van der Waals surface area (Å²) in [6.07, 6.45) is 1.85. The number of ether oxygens (including phenoxy) is 1. The van der Waals surface area contributed by atoms with Crippen LogP contribution in [0.1, 0.15) is 25.3 Å². The summed E-state index contributed by atoms with van der Waals surface area (Å²) in [5, 5.41) is 6.68. The molecule has 6 heteroatoms. The largest absolute Gasteiger partial charge is 0.455 e. The van der Waals surface area contributed by atoms with E-state index in [0.29, 0.717) is 6.54 Å². The van der Waals surface area contributed by atoms with Gasteiger partial charge in [0.25, 0.3) is 5.91 Å². The van der Waals surface area contributed by atoms with Crippen molar-refractivity contribution in [2.24, 2.45) is 0 Å². The number of benzene rings is 2. The van der Waals surface area contributed by atoms with Crippen molar-refractivity contribution >= 4 is 28.7 Å². The second-order valence-electron chi connectivity index (χ2n) is 5.63. The van der Waals surface area contributed by atoms with E-state index in [2.05, 4.69) is 10.6 Å². The van der Waals surface area contributed by atoms with Gasteiger partial charge in [-0.05, 0) is 22.8 Å². The van der Waals surface area contributed by atoms with Crippen LogP contribution in [0.5, 0.6) is 0 Å². The first-order chi connectivity index (χ1) is 12.1. The summed E-state index contributed by atoms with van der Waals surface area (Å²) in [5.74, 6) is -1.17. The van der Waals surface area contributed by atoms with Gasteiger partial charge in [-0.1, -0.05) is 55.8 Å². The fourth-order valence-corrected chi connectivity index (χ4v) is 2.38. The summed E-state index contributed by atoms with van der Waals surface area (Å²) in [5.41, 5.74) is 0.834. The molecule has 0 unspecified atom stereocenters. The maximum atomic E-state index is 12.0. The normalized spacial score (nSPS) is 10.3. The van der Waals surface area contributed by atoms with Gasteiger partial charge in [0.05, 0.1) is 6.42 Å². The summed E-state index contributed by atoms with van der Waals surface area (Å²) in [6, 6.07) is 12.9. The van der Waals surface area contributed by atoms with Crippen LogP contribution in [-0.4, -0.2) is 31.1 Å². The Bertz CT molecular complexity index is 753. The van der Waals surface area contributed by atoms with E-state index >= 15 is 0 Å². The van der Waals surface area contributed by atoms with Gasteiger partial charge in [-0.3, -0.25) is 14.9 Å². The highest BCUT2D eigenvalue weighted by Crippen LogP contribution is 2.19.